The highest BCUT2D eigenvalue weighted by Gasteiger charge is 2.43. The molecule has 7 nitrogen and oxygen atoms in total. The SMILES string of the molecule is CC(C)NC(=O)N1CCC[C@H]1C(=O)N1CCC(C(=O)O)C1C. The zero-order valence-electron chi connectivity index (χ0n) is 13.4. The van der Waals surface area contributed by atoms with Crippen molar-refractivity contribution in [1.82, 2.24) is 15.1 Å². The van der Waals surface area contributed by atoms with Crippen LogP contribution in [0.15, 0.2) is 0 Å². The van der Waals surface area contributed by atoms with E-state index >= 15 is 0 Å². The third-order valence-electron chi connectivity index (χ3n) is 4.57. The molecule has 0 spiro atoms. The lowest BCUT2D eigenvalue weighted by molar-refractivity contribution is -0.143. The third-order valence-corrected chi connectivity index (χ3v) is 4.57. The van der Waals surface area contributed by atoms with Crippen LogP contribution in [0.5, 0.6) is 0 Å². The Balaban J connectivity index is 2.05. The van der Waals surface area contributed by atoms with E-state index in [-0.39, 0.29) is 24.0 Å². The van der Waals surface area contributed by atoms with Gasteiger partial charge in [-0.2, -0.15) is 0 Å². The van der Waals surface area contributed by atoms with Gasteiger partial charge in [0.25, 0.3) is 0 Å². The molecule has 2 N–H and O–H groups in total. The van der Waals surface area contributed by atoms with Gasteiger partial charge in [-0.05, 0) is 40.0 Å². The van der Waals surface area contributed by atoms with Gasteiger partial charge in [-0.3, -0.25) is 9.59 Å². The Morgan fingerprint density at radius 1 is 1.14 bits per heavy atom. The van der Waals surface area contributed by atoms with Gasteiger partial charge < -0.3 is 20.2 Å². The molecule has 2 unspecified atom stereocenters. The van der Waals surface area contributed by atoms with Crippen LogP contribution in [0.4, 0.5) is 4.79 Å². The zero-order valence-corrected chi connectivity index (χ0v) is 13.4. The molecule has 0 aromatic carbocycles. The second kappa shape index (κ2) is 6.54. The molecular weight excluding hydrogens is 286 g/mol. The maximum Gasteiger partial charge on any atom is 0.318 e. The van der Waals surface area contributed by atoms with Crippen LogP contribution >= 0.6 is 0 Å². The number of hydrogen-bond acceptors (Lipinski definition) is 3. The monoisotopic (exact) mass is 311 g/mol. The number of carboxylic acids is 1. The summed E-state index contributed by atoms with van der Waals surface area (Å²) in [5.74, 6) is -1.49. The quantitative estimate of drug-likeness (QED) is 0.810. The van der Waals surface area contributed by atoms with Crippen LogP contribution < -0.4 is 5.32 Å². The summed E-state index contributed by atoms with van der Waals surface area (Å²) in [6.45, 7) is 6.55. The van der Waals surface area contributed by atoms with Crippen molar-refractivity contribution in [2.75, 3.05) is 13.1 Å². The lowest BCUT2D eigenvalue weighted by Gasteiger charge is -2.31. The summed E-state index contributed by atoms with van der Waals surface area (Å²) in [5.41, 5.74) is 0. The maximum atomic E-state index is 12.7. The Kier molecular flexibility index (Phi) is 4.93. The number of hydrogen-bond donors (Lipinski definition) is 2. The molecule has 22 heavy (non-hydrogen) atoms. The third kappa shape index (κ3) is 3.18. The van der Waals surface area contributed by atoms with Crippen molar-refractivity contribution in [2.24, 2.45) is 5.92 Å². The van der Waals surface area contributed by atoms with Crippen LogP contribution in [-0.2, 0) is 9.59 Å². The number of amides is 3. The van der Waals surface area contributed by atoms with E-state index in [1.807, 2.05) is 13.8 Å². The van der Waals surface area contributed by atoms with Gasteiger partial charge in [-0.15, -0.1) is 0 Å². The Morgan fingerprint density at radius 3 is 2.36 bits per heavy atom. The standard InChI is InChI=1S/C15H25N3O4/c1-9(2)16-15(22)18-7-4-5-12(18)13(19)17-8-6-11(10(17)3)14(20)21/h9-12H,4-8H2,1-3H3,(H,16,22)(H,20,21)/t10?,11?,12-/m0/s1. The zero-order chi connectivity index (χ0) is 16.4. The summed E-state index contributed by atoms with van der Waals surface area (Å²) >= 11 is 0. The molecular formula is C15H25N3O4. The van der Waals surface area contributed by atoms with Crippen molar-refractivity contribution in [3.8, 4) is 0 Å². The van der Waals surface area contributed by atoms with Crippen molar-refractivity contribution in [2.45, 2.75) is 58.2 Å². The Hall–Kier alpha value is -1.79. The summed E-state index contributed by atoms with van der Waals surface area (Å²) in [6, 6.07) is -0.979. The smallest absolute Gasteiger partial charge is 0.318 e. The maximum absolute atomic E-state index is 12.7. The molecule has 3 atom stereocenters. The van der Waals surface area contributed by atoms with Crippen LogP contribution in [0.2, 0.25) is 0 Å². The second-order valence-electron chi connectivity index (χ2n) is 6.46. The minimum Gasteiger partial charge on any atom is -0.481 e. The Bertz CT molecular complexity index is 466. The van der Waals surface area contributed by atoms with Crippen molar-refractivity contribution < 1.29 is 19.5 Å². The topological polar surface area (TPSA) is 90.0 Å². The van der Waals surface area contributed by atoms with Gasteiger partial charge in [0.1, 0.15) is 6.04 Å². The highest BCUT2D eigenvalue weighted by atomic mass is 16.4. The summed E-state index contributed by atoms with van der Waals surface area (Å²) in [4.78, 5) is 39.3. The van der Waals surface area contributed by atoms with Crippen molar-refractivity contribution in [3.05, 3.63) is 0 Å². The van der Waals surface area contributed by atoms with Gasteiger partial charge in [0.2, 0.25) is 5.91 Å². The molecule has 0 aromatic heterocycles. The van der Waals surface area contributed by atoms with E-state index in [0.29, 0.717) is 25.9 Å². The van der Waals surface area contributed by atoms with Crippen LogP contribution in [0, 0.1) is 5.92 Å². The number of carbonyl (C=O) groups excluding carboxylic acids is 2. The molecule has 2 aliphatic rings. The Morgan fingerprint density at radius 2 is 1.82 bits per heavy atom. The lowest BCUT2D eigenvalue weighted by Crippen LogP contribution is -2.52. The molecule has 2 aliphatic heterocycles. The number of rotatable bonds is 3. The molecule has 2 heterocycles. The number of nitrogens with zero attached hydrogens (tertiary/aromatic N) is 2. The molecule has 7 heteroatoms. The number of carbonyl (C=O) groups is 3. The van der Waals surface area contributed by atoms with Gasteiger partial charge in [-0.25, -0.2) is 4.79 Å². The summed E-state index contributed by atoms with van der Waals surface area (Å²) in [7, 11) is 0. The normalized spacial score (nSPS) is 28.3. The molecule has 0 aliphatic carbocycles. The van der Waals surface area contributed by atoms with Crippen molar-refractivity contribution in [1.29, 1.82) is 0 Å². The van der Waals surface area contributed by atoms with Gasteiger partial charge in [-0.1, -0.05) is 0 Å². The first-order valence-electron chi connectivity index (χ1n) is 7.93. The van der Waals surface area contributed by atoms with Crippen LogP contribution in [0.3, 0.4) is 0 Å². The fourth-order valence-electron chi connectivity index (χ4n) is 3.37. The first-order chi connectivity index (χ1) is 10.3. The fourth-order valence-corrected chi connectivity index (χ4v) is 3.37. The minimum atomic E-state index is -0.858. The molecule has 2 saturated heterocycles. The average molecular weight is 311 g/mol. The van der Waals surface area contributed by atoms with Gasteiger partial charge in [0, 0.05) is 25.2 Å². The molecule has 0 radical (unpaired) electrons. The Labute approximate surface area is 130 Å². The number of aliphatic carboxylic acids is 1. The minimum absolute atomic E-state index is 0.0194. The van der Waals surface area contributed by atoms with Gasteiger partial charge in [0.05, 0.1) is 5.92 Å². The van der Waals surface area contributed by atoms with E-state index in [0.717, 1.165) is 6.42 Å². The van der Waals surface area contributed by atoms with E-state index < -0.39 is 17.9 Å². The van der Waals surface area contributed by atoms with E-state index in [1.54, 1.807) is 16.7 Å². The summed E-state index contributed by atoms with van der Waals surface area (Å²) in [5, 5.41) is 12.0. The largest absolute Gasteiger partial charge is 0.481 e. The van der Waals surface area contributed by atoms with Crippen LogP contribution in [0.25, 0.3) is 0 Å². The van der Waals surface area contributed by atoms with Crippen molar-refractivity contribution >= 4 is 17.9 Å². The highest BCUT2D eigenvalue weighted by molar-refractivity contribution is 5.88. The lowest BCUT2D eigenvalue weighted by atomic mass is 10.0. The fraction of sp³-hybridized carbons (Fsp3) is 0.800. The van der Waals surface area contributed by atoms with E-state index in [4.69, 9.17) is 0 Å². The first-order valence-corrected chi connectivity index (χ1v) is 7.93. The van der Waals surface area contributed by atoms with Crippen LogP contribution in [-0.4, -0.2) is 64.0 Å². The predicted molar refractivity (Wildman–Crippen MR) is 80.3 cm³/mol. The van der Waals surface area contributed by atoms with Gasteiger partial charge in [0.15, 0.2) is 0 Å². The first kappa shape index (κ1) is 16.6. The molecule has 2 rings (SSSR count). The van der Waals surface area contributed by atoms with E-state index in [9.17, 15) is 19.5 Å². The highest BCUT2D eigenvalue weighted by Crippen LogP contribution is 2.28. The molecule has 0 aromatic rings. The second-order valence-corrected chi connectivity index (χ2v) is 6.46. The van der Waals surface area contributed by atoms with Crippen molar-refractivity contribution in [3.63, 3.8) is 0 Å². The number of urea groups is 1. The summed E-state index contributed by atoms with van der Waals surface area (Å²) in [6.07, 6.45) is 1.92. The number of nitrogens with one attached hydrogen (secondary N) is 1. The molecule has 124 valence electrons. The van der Waals surface area contributed by atoms with E-state index in [1.165, 1.54) is 0 Å². The van der Waals surface area contributed by atoms with Gasteiger partial charge >= 0.3 is 12.0 Å². The average Bonchev–Trinajstić information content (AvgIpc) is 3.03. The number of likely N-dealkylation sites (tertiary alicyclic amines) is 2. The molecule has 0 saturated carbocycles. The summed E-state index contributed by atoms with van der Waals surface area (Å²) < 4.78 is 0. The molecule has 2 fully saturated rings. The number of carboxylic acid groups (broad SMARTS) is 1. The van der Waals surface area contributed by atoms with Crippen LogP contribution in [0.1, 0.15) is 40.0 Å². The molecule has 0 bridgehead atoms. The van der Waals surface area contributed by atoms with E-state index in [2.05, 4.69) is 5.32 Å². The molecule has 3 amide bonds. The predicted octanol–water partition coefficient (Wildman–Crippen LogP) is 0.890.